The van der Waals surface area contributed by atoms with E-state index in [0.717, 1.165) is 34.4 Å². The molecule has 0 atom stereocenters. The summed E-state index contributed by atoms with van der Waals surface area (Å²) in [7, 11) is 1.66. The maximum absolute atomic E-state index is 5.46. The molecule has 0 amide bonds. The van der Waals surface area contributed by atoms with E-state index in [1.54, 1.807) is 7.11 Å². The largest absolute Gasteiger partial charge is 0.494 e. The van der Waals surface area contributed by atoms with Gasteiger partial charge in [-0.05, 0) is 63.4 Å². The van der Waals surface area contributed by atoms with Crippen LogP contribution in [-0.2, 0) is 11.3 Å². The Labute approximate surface area is 125 Å². The summed E-state index contributed by atoms with van der Waals surface area (Å²) in [5.74, 6) is 0.821. The van der Waals surface area contributed by atoms with Gasteiger partial charge in [-0.2, -0.15) is 0 Å². The molecule has 0 spiro atoms. The van der Waals surface area contributed by atoms with E-state index < -0.39 is 0 Å². The summed E-state index contributed by atoms with van der Waals surface area (Å²) in [5.41, 5.74) is 1.19. The van der Waals surface area contributed by atoms with E-state index in [4.69, 9.17) is 9.47 Å². The van der Waals surface area contributed by atoms with Crippen LogP contribution in [-0.4, -0.2) is 26.4 Å². The molecule has 0 aliphatic carbocycles. The van der Waals surface area contributed by atoms with Gasteiger partial charge in [0, 0.05) is 13.1 Å². The van der Waals surface area contributed by atoms with Crippen molar-refractivity contribution in [1.29, 1.82) is 0 Å². The van der Waals surface area contributed by atoms with Gasteiger partial charge in [0.1, 0.15) is 5.75 Å². The first kappa shape index (κ1) is 16.0. The third kappa shape index (κ3) is 5.26. The molecular weight excluding hydrogens is 362 g/mol. The average Bonchev–Trinajstić information content (AvgIpc) is 2.27. The number of methoxy groups -OCH3 is 1. The quantitative estimate of drug-likeness (QED) is 0.731. The first-order valence-corrected chi connectivity index (χ1v) is 7.47. The van der Waals surface area contributed by atoms with Crippen molar-refractivity contribution in [3.05, 3.63) is 26.6 Å². The van der Waals surface area contributed by atoms with Gasteiger partial charge in [-0.3, -0.25) is 0 Å². The van der Waals surface area contributed by atoms with Gasteiger partial charge in [0.2, 0.25) is 0 Å². The maximum atomic E-state index is 5.46. The number of ether oxygens (including phenoxy) is 2. The molecule has 0 radical (unpaired) electrons. The van der Waals surface area contributed by atoms with E-state index in [-0.39, 0.29) is 6.10 Å². The van der Waals surface area contributed by atoms with Gasteiger partial charge in [0.25, 0.3) is 0 Å². The lowest BCUT2D eigenvalue weighted by Gasteiger charge is -2.11. The Morgan fingerprint density at radius 3 is 2.33 bits per heavy atom. The van der Waals surface area contributed by atoms with Crippen LogP contribution in [0, 0.1) is 0 Å². The van der Waals surface area contributed by atoms with Crippen molar-refractivity contribution in [2.45, 2.75) is 26.5 Å². The summed E-state index contributed by atoms with van der Waals surface area (Å²) >= 11 is 6.98. The molecule has 0 aliphatic rings. The molecule has 1 N–H and O–H groups in total. The van der Waals surface area contributed by atoms with Crippen molar-refractivity contribution in [2.75, 3.05) is 20.3 Å². The molecule has 0 saturated heterocycles. The summed E-state index contributed by atoms with van der Waals surface area (Å²) < 4.78 is 12.6. The van der Waals surface area contributed by atoms with Gasteiger partial charge < -0.3 is 14.8 Å². The van der Waals surface area contributed by atoms with Gasteiger partial charge in [-0.1, -0.05) is 0 Å². The van der Waals surface area contributed by atoms with Crippen molar-refractivity contribution in [1.82, 2.24) is 5.32 Å². The lowest BCUT2D eigenvalue weighted by atomic mass is 10.2. The number of nitrogens with one attached hydrogen (secondary N) is 1. The molecule has 0 unspecified atom stereocenters. The zero-order valence-electron chi connectivity index (χ0n) is 10.9. The molecular formula is C13H19Br2NO2. The topological polar surface area (TPSA) is 30.5 Å². The Hall–Kier alpha value is -0.100. The molecule has 0 aliphatic heterocycles. The zero-order valence-corrected chi connectivity index (χ0v) is 14.1. The highest BCUT2D eigenvalue weighted by Gasteiger charge is 2.07. The summed E-state index contributed by atoms with van der Waals surface area (Å²) in [6, 6.07) is 4.11. The molecule has 0 saturated carbocycles. The first-order chi connectivity index (χ1) is 8.54. The second-order valence-corrected chi connectivity index (χ2v) is 5.90. The van der Waals surface area contributed by atoms with Crippen LogP contribution < -0.4 is 10.1 Å². The van der Waals surface area contributed by atoms with Crippen LogP contribution >= 0.6 is 31.9 Å². The number of halogens is 2. The van der Waals surface area contributed by atoms with Crippen LogP contribution in [0.15, 0.2) is 21.1 Å². The van der Waals surface area contributed by atoms with E-state index in [1.807, 2.05) is 13.8 Å². The molecule has 18 heavy (non-hydrogen) atoms. The highest BCUT2D eigenvalue weighted by atomic mass is 79.9. The van der Waals surface area contributed by atoms with Crippen molar-refractivity contribution in [3.8, 4) is 5.75 Å². The van der Waals surface area contributed by atoms with E-state index in [9.17, 15) is 0 Å². The molecule has 1 aromatic rings. The predicted octanol–water partition coefficient (Wildman–Crippen LogP) is 3.73. The molecule has 0 fully saturated rings. The highest BCUT2D eigenvalue weighted by Crippen LogP contribution is 2.34. The molecule has 0 heterocycles. The fourth-order valence-electron chi connectivity index (χ4n) is 1.51. The molecule has 1 rings (SSSR count). The Bertz CT molecular complexity index is 360. The highest BCUT2D eigenvalue weighted by molar-refractivity contribution is 9.11. The lowest BCUT2D eigenvalue weighted by Crippen LogP contribution is -2.21. The number of hydrogen-bond donors (Lipinski definition) is 1. The van der Waals surface area contributed by atoms with E-state index >= 15 is 0 Å². The smallest absolute Gasteiger partial charge is 0.147 e. The summed E-state index contributed by atoms with van der Waals surface area (Å²) in [6.45, 7) is 6.47. The monoisotopic (exact) mass is 379 g/mol. The van der Waals surface area contributed by atoms with E-state index in [2.05, 4.69) is 49.3 Å². The van der Waals surface area contributed by atoms with Crippen LogP contribution in [0.2, 0.25) is 0 Å². The Morgan fingerprint density at radius 1 is 1.22 bits per heavy atom. The van der Waals surface area contributed by atoms with Gasteiger partial charge >= 0.3 is 0 Å². The average molecular weight is 381 g/mol. The van der Waals surface area contributed by atoms with Crippen LogP contribution in [0.4, 0.5) is 0 Å². The third-order valence-electron chi connectivity index (χ3n) is 2.32. The molecule has 3 nitrogen and oxygen atoms in total. The molecule has 1 aromatic carbocycles. The molecule has 102 valence electrons. The van der Waals surface area contributed by atoms with Crippen molar-refractivity contribution in [2.24, 2.45) is 0 Å². The fourth-order valence-corrected chi connectivity index (χ4v) is 3.11. The van der Waals surface area contributed by atoms with Crippen LogP contribution in [0.25, 0.3) is 0 Å². The molecule has 5 heteroatoms. The number of rotatable bonds is 7. The summed E-state index contributed by atoms with van der Waals surface area (Å²) in [4.78, 5) is 0. The van der Waals surface area contributed by atoms with E-state index in [0.29, 0.717) is 0 Å². The van der Waals surface area contributed by atoms with Crippen LogP contribution in [0.5, 0.6) is 5.75 Å². The van der Waals surface area contributed by atoms with Gasteiger partial charge in [0.15, 0.2) is 0 Å². The minimum atomic E-state index is 0.288. The summed E-state index contributed by atoms with van der Waals surface area (Å²) in [5, 5.41) is 3.34. The Morgan fingerprint density at radius 2 is 1.83 bits per heavy atom. The normalized spacial score (nSPS) is 11.0. The van der Waals surface area contributed by atoms with Crippen molar-refractivity contribution < 1.29 is 9.47 Å². The van der Waals surface area contributed by atoms with Crippen molar-refractivity contribution in [3.63, 3.8) is 0 Å². The fraction of sp³-hybridized carbons (Fsp3) is 0.538. The Balaban J connectivity index is 2.44. The second-order valence-electron chi connectivity index (χ2n) is 4.19. The number of benzene rings is 1. The standard InChI is InChI=1S/C13H19Br2NO2/c1-9(2)18-5-4-16-8-10-6-11(14)13(17-3)12(15)7-10/h6-7,9,16H,4-5,8H2,1-3H3. The number of hydrogen-bond acceptors (Lipinski definition) is 3. The first-order valence-electron chi connectivity index (χ1n) is 5.88. The van der Waals surface area contributed by atoms with E-state index in [1.165, 1.54) is 5.56 Å². The molecule has 0 bridgehead atoms. The van der Waals surface area contributed by atoms with Crippen molar-refractivity contribution >= 4 is 31.9 Å². The van der Waals surface area contributed by atoms with Gasteiger partial charge in [0.05, 0.1) is 28.8 Å². The minimum absolute atomic E-state index is 0.288. The van der Waals surface area contributed by atoms with Gasteiger partial charge in [-0.25, -0.2) is 0 Å². The minimum Gasteiger partial charge on any atom is -0.494 e. The third-order valence-corrected chi connectivity index (χ3v) is 3.50. The maximum Gasteiger partial charge on any atom is 0.147 e. The van der Waals surface area contributed by atoms with Crippen LogP contribution in [0.1, 0.15) is 19.4 Å². The SMILES string of the molecule is COc1c(Br)cc(CNCCOC(C)C)cc1Br. The van der Waals surface area contributed by atoms with Gasteiger partial charge in [-0.15, -0.1) is 0 Å². The molecule has 0 aromatic heterocycles. The second kappa shape index (κ2) is 8.15. The summed E-state index contributed by atoms with van der Waals surface area (Å²) in [6.07, 6.45) is 0.288. The lowest BCUT2D eigenvalue weighted by molar-refractivity contribution is 0.0807. The Kier molecular flexibility index (Phi) is 7.22. The zero-order chi connectivity index (χ0) is 13.5. The predicted molar refractivity (Wildman–Crippen MR) is 81.2 cm³/mol. The van der Waals surface area contributed by atoms with Crippen LogP contribution in [0.3, 0.4) is 0 Å².